The zero-order valence-electron chi connectivity index (χ0n) is 7.68. The number of nitrogens with one attached hydrogen (secondary N) is 1. The minimum absolute atomic E-state index is 0.0785. The quantitative estimate of drug-likeness (QED) is 0.454. The Kier molecular flexibility index (Phi) is 6.38. The van der Waals surface area contributed by atoms with E-state index in [0.29, 0.717) is 19.5 Å². The number of carbonyl (C=O) groups excluding carboxylic acids is 1. The first kappa shape index (κ1) is 11.2. The first-order valence-electron chi connectivity index (χ1n) is 4.28. The summed E-state index contributed by atoms with van der Waals surface area (Å²) in [5.74, 6) is 0.350. The van der Waals surface area contributed by atoms with E-state index in [2.05, 4.69) is 11.9 Å². The Hall–Kier alpha value is -0.830. The van der Waals surface area contributed by atoms with E-state index in [4.69, 9.17) is 5.73 Å². The molecule has 0 aliphatic carbocycles. The maximum absolute atomic E-state index is 11.1. The van der Waals surface area contributed by atoms with Crippen molar-refractivity contribution < 1.29 is 4.79 Å². The van der Waals surface area contributed by atoms with Crippen molar-refractivity contribution in [2.45, 2.75) is 19.8 Å². The number of amides is 1. The van der Waals surface area contributed by atoms with Crippen LogP contribution in [0.4, 0.5) is 0 Å². The van der Waals surface area contributed by atoms with Crippen LogP contribution in [-0.2, 0) is 4.79 Å². The Labute approximate surface area is 74.0 Å². The van der Waals surface area contributed by atoms with Crippen molar-refractivity contribution in [2.24, 2.45) is 11.7 Å². The summed E-state index contributed by atoms with van der Waals surface area (Å²) in [6.45, 7) is 6.77. The zero-order valence-corrected chi connectivity index (χ0v) is 7.68. The van der Waals surface area contributed by atoms with Crippen molar-refractivity contribution >= 4 is 5.91 Å². The van der Waals surface area contributed by atoms with Crippen LogP contribution in [0.2, 0.25) is 0 Å². The van der Waals surface area contributed by atoms with Crippen LogP contribution in [0.3, 0.4) is 0 Å². The van der Waals surface area contributed by atoms with Crippen LogP contribution in [0.15, 0.2) is 12.7 Å². The first-order chi connectivity index (χ1) is 5.70. The number of nitrogens with two attached hydrogens (primary N) is 1. The SMILES string of the molecule is C=CCCNC(=O)CC(C)CN. The molecule has 0 heterocycles. The Morgan fingerprint density at radius 2 is 2.42 bits per heavy atom. The highest BCUT2D eigenvalue weighted by Crippen LogP contribution is 1.97. The van der Waals surface area contributed by atoms with Crippen LogP contribution in [0.25, 0.3) is 0 Å². The van der Waals surface area contributed by atoms with Crippen molar-refractivity contribution in [1.82, 2.24) is 5.32 Å². The molecular formula is C9H18N2O. The zero-order chi connectivity index (χ0) is 9.40. The summed E-state index contributed by atoms with van der Waals surface area (Å²) in [6.07, 6.45) is 3.13. The molecule has 3 heteroatoms. The van der Waals surface area contributed by atoms with Crippen LogP contribution in [0.1, 0.15) is 19.8 Å². The molecule has 0 aliphatic rings. The topological polar surface area (TPSA) is 55.1 Å². The van der Waals surface area contributed by atoms with Gasteiger partial charge >= 0.3 is 0 Å². The molecule has 1 atom stereocenters. The van der Waals surface area contributed by atoms with Gasteiger partial charge in [-0.15, -0.1) is 6.58 Å². The molecule has 1 unspecified atom stereocenters. The molecule has 3 N–H and O–H groups in total. The molecule has 0 aromatic carbocycles. The van der Waals surface area contributed by atoms with E-state index in [0.717, 1.165) is 6.42 Å². The third-order valence-electron chi connectivity index (χ3n) is 1.61. The summed E-state index contributed by atoms with van der Waals surface area (Å²) in [5.41, 5.74) is 5.38. The third kappa shape index (κ3) is 5.92. The van der Waals surface area contributed by atoms with Crippen LogP contribution >= 0.6 is 0 Å². The summed E-state index contributed by atoms with van der Waals surface area (Å²) >= 11 is 0. The van der Waals surface area contributed by atoms with Gasteiger partial charge in [-0.3, -0.25) is 4.79 Å². The second-order valence-electron chi connectivity index (χ2n) is 2.97. The van der Waals surface area contributed by atoms with Crippen LogP contribution in [-0.4, -0.2) is 19.0 Å². The molecule has 0 saturated carbocycles. The van der Waals surface area contributed by atoms with Crippen LogP contribution in [0.5, 0.6) is 0 Å². The van der Waals surface area contributed by atoms with Gasteiger partial charge in [0.15, 0.2) is 0 Å². The Balaban J connectivity index is 3.39. The first-order valence-corrected chi connectivity index (χ1v) is 4.28. The molecule has 0 aromatic rings. The van der Waals surface area contributed by atoms with Gasteiger partial charge in [0.25, 0.3) is 0 Å². The van der Waals surface area contributed by atoms with Gasteiger partial charge in [0.2, 0.25) is 5.91 Å². The highest BCUT2D eigenvalue weighted by molar-refractivity contribution is 5.76. The van der Waals surface area contributed by atoms with Crippen LogP contribution in [0, 0.1) is 5.92 Å². The largest absolute Gasteiger partial charge is 0.356 e. The lowest BCUT2D eigenvalue weighted by Crippen LogP contribution is -2.27. The summed E-state index contributed by atoms with van der Waals surface area (Å²) in [4.78, 5) is 11.1. The second-order valence-corrected chi connectivity index (χ2v) is 2.97. The number of hydrogen-bond donors (Lipinski definition) is 2. The fourth-order valence-corrected chi connectivity index (χ4v) is 0.786. The maximum Gasteiger partial charge on any atom is 0.220 e. The van der Waals surface area contributed by atoms with E-state index >= 15 is 0 Å². The molecule has 0 radical (unpaired) electrons. The fraction of sp³-hybridized carbons (Fsp3) is 0.667. The second kappa shape index (κ2) is 6.85. The predicted octanol–water partition coefficient (Wildman–Crippen LogP) is 0.664. The highest BCUT2D eigenvalue weighted by atomic mass is 16.1. The van der Waals surface area contributed by atoms with Crippen molar-refractivity contribution in [1.29, 1.82) is 0 Å². The predicted molar refractivity (Wildman–Crippen MR) is 50.7 cm³/mol. The summed E-state index contributed by atoms with van der Waals surface area (Å²) in [5, 5.41) is 2.78. The molecule has 3 nitrogen and oxygen atoms in total. The van der Waals surface area contributed by atoms with E-state index < -0.39 is 0 Å². The third-order valence-corrected chi connectivity index (χ3v) is 1.61. The molecule has 0 bridgehead atoms. The van der Waals surface area contributed by atoms with Crippen molar-refractivity contribution in [3.05, 3.63) is 12.7 Å². The van der Waals surface area contributed by atoms with Crippen LogP contribution < -0.4 is 11.1 Å². The lowest BCUT2D eigenvalue weighted by atomic mass is 10.1. The van der Waals surface area contributed by atoms with E-state index in [1.165, 1.54) is 0 Å². The Morgan fingerprint density at radius 3 is 2.92 bits per heavy atom. The fourth-order valence-electron chi connectivity index (χ4n) is 0.786. The number of hydrogen-bond acceptors (Lipinski definition) is 2. The molecule has 0 saturated heterocycles. The summed E-state index contributed by atoms with van der Waals surface area (Å²) < 4.78 is 0. The molecule has 0 fully saturated rings. The van der Waals surface area contributed by atoms with Crippen molar-refractivity contribution in [3.63, 3.8) is 0 Å². The molecule has 0 aliphatic heterocycles. The molecule has 1 amide bonds. The number of carbonyl (C=O) groups is 1. The van der Waals surface area contributed by atoms with E-state index in [1.54, 1.807) is 6.08 Å². The van der Waals surface area contributed by atoms with Crippen molar-refractivity contribution in [2.75, 3.05) is 13.1 Å². The Bertz CT molecular complexity index is 145. The van der Waals surface area contributed by atoms with Gasteiger partial charge in [0, 0.05) is 13.0 Å². The van der Waals surface area contributed by atoms with E-state index in [9.17, 15) is 4.79 Å². The minimum Gasteiger partial charge on any atom is -0.356 e. The lowest BCUT2D eigenvalue weighted by Gasteiger charge is -2.07. The maximum atomic E-state index is 11.1. The Morgan fingerprint density at radius 1 is 1.75 bits per heavy atom. The van der Waals surface area contributed by atoms with Gasteiger partial charge in [0.05, 0.1) is 0 Å². The highest BCUT2D eigenvalue weighted by Gasteiger charge is 2.05. The average molecular weight is 170 g/mol. The van der Waals surface area contributed by atoms with Gasteiger partial charge in [-0.1, -0.05) is 13.0 Å². The summed E-state index contributed by atoms with van der Waals surface area (Å²) in [6, 6.07) is 0. The van der Waals surface area contributed by atoms with Gasteiger partial charge < -0.3 is 11.1 Å². The van der Waals surface area contributed by atoms with E-state index in [1.807, 2.05) is 6.92 Å². The van der Waals surface area contributed by atoms with Gasteiger partial charge in [0.1, 0.15) is 0 Å². The molecule has 0 spiro atoms. The standard InChI is InChI=1S/C9H18N2O/c1-3-4-5-11-9(12)6-8(2)7-10/h3,8H,1,4-7,10H2,2H3,(H,11,12). The monoisotopic (exact) mass is 170 g/mol. The minimum atomic E-state index is 0.0785. The normalized spacial score (nSPS) is 12.2. The molecule has 12 heavy (non-hydrogen) atoms. The smallest absolute Gasteiger partial charge is 0.220 e. The molecular weight excluding hydrogens is 152 g/mol. The number of rotatable bonds is 6. The lowest BCUT2D eigenvalue weighted by molar-refractivity contribution is -0.121. The summed E-state index contributed by atoms with van der Waals surface area (Å²) in [7, 11) is 0. The molecule has 0 aromatic heterocycles. The average Bonchev–Trinajstić information content (AvgIpc) is 2.05. The van der Waals surface area contributed by atoms with Gasteiger partial charge in [-0.05, 0) is 18.9 Å². The van der Waals surface area contributed by atoms with Gasteiger partial charge in [-0.25, -0.2) is 0 Å². The van der Waals surface area contributed by atoms with E-state index in [-0.39, 0.29) is 11.8 Å². The molecule has 0 rings (SSSR count). The molecule has 70 valence electrons. The van der Waals surface area contributed by atoms with Crippen molar-refractivity contribution in [3.8, 4) is 0 Å². The van der Waals surface area contributed by atoms with Gasteiger partial charge in [-0.2, -0.15) is 0 Å².